The minimum atomic E-state index is -0.362. The Morgan fingerprint density at radius 2 is 1.79 bits per heavy atom. The van der Waals surface area contributed by atoms with Crippen LogP contribution in [0, 0.1) is 0 Å². The van der Waals surface area contributed by atoms with Crippen LogP contribution in [-0.2, 0) is 16.0 Å². The fourth-order valence-corrected chi connectivity index (χ4v) is 2.20. The Morgan fingerprint density at radius 3 is 2.33 bits per heavy atom. The lowest BCUT2D eigenvalue weighted by Gasteiger charge is -2.23. The molecule has 0 aliphatic rings. The van der Waals surface area contributed by atoms with E-state index in [0.717, 1.165) is 17.7 Å². The van der Waals surface area contributed by atoms with Crippen molar-refractivity contribution in [3.05, 3.63) is 29.8 Å². The average Bonchev–Trinajstić information content (AvgIpc) is 2.53. The van der Waals surface area contributed by atoms with Crippen molar-refractivity contribution >= 4 is 11.8 Å². The third-order valence-corrected chi connectivity index (χ3v) is 3.76. The van der Waals surface area contributed by atoms with Crippen molar-refractivity contribution in [3.63, 3.8) is 0 Å². The molecule has 1 unspecified atom stereocenters. The van der Waals surface area contributed by atoms with Gasteiger partial charge in [-0.2, -0.15) is 0 Å². The van der Waals surface area contributed by atoms with Gasteiger partial charge in [-0.1, -0.05) is 12.1 Å². The van der Waals surface area contributed by atoms with E-state index < -0.39 is 0 Å². The number of carbonyl (C=O) groups excluding carboxylic acids is 2. The second-order valence-corrected chi connectivity index (χ2v) is 6.20. The van der Waals surface area contributed by atoms with E-state index >= 15 is 0 Å². The molecule has 2 amide bonds. The normalized spacial score (nSPS) is 12.1. The summed E-state index contributed by atoms with van der Waals surface area (Å²) in [6.45, 7) is 6.37. The predicted molar refractivity (Wildman–Crippen MR) is 95.1 cm³/mol. The highest BCUT2D eigenvalue weighted by Gasteiger charge is 2.19. The van der Waals surface area contributed by atoms with Gasteiger partial charge in [-0.05, 0) is 51.9 Å². The zero-order valence-electron chi connectivity index (χ0n) is 15.3. The van der Waals surface area contributed by atoms with Crippen molar-refractivity contribution in [2.75, 3.05) is 27.2 Å². The van der Waals surface area contributed by atoms with Gasteiger partial charge in [0.1, 0.15) is 5.75 Å². The largest absolute Gasteiger partial charge is 0.497 e. The van der Waals surface area contributed by atoms with Gasteiger partial charge in [0, 0.05) is 12.6 Å². The van der Waals surface area contributed by atoms with Crippen molar-refractivity contribution in [1.82, 2.24) is 15.5 Å². The molecule has 0 aliphatic heterocycles. The molecule has 0 spiro atoms. The Morgan fingerprint density at radius 1 is 1.17 bits per heavy atom. The summed E-state index contributed by atoms with van der Waals surface area (Å²) in [4.78, 5) is 25.7. The van der Waals surface area contributed by atoms with Crippen LogP contribution in [0.15, 0.2) is 24.3 Å². The molecule has 6 heteroatoms. The van der Waals surface area contributed by atoms with E-state index in [9.17, 15) is 9.59 Å². The van der Waals surface area contributed by atoms with Crippen LogP contribution in [0.5, 0.6) is 5.75 Å². The topological polar surface area (TPSA) is 70.7 Å². The maximum Gasteiger partial charge on any atom is 0.237 e. The first-order chi connectivity index (χ1) is 11.3. The third kappa shape index (κ3) is 7.00. The molecule has 0 fully saturated rings. The molecular formula is C18H29N3O3. The monoisotopic (exact) mass is 335 g/mol. The predicted octanol–water partition coefficient (Wildman–Crippen LogP) is 1.20. The van der Waals surface area contributed by atoms with Gasteiger partial charge in [-0.25, -0.2) is 0 Å². The molecule has 0 bridgehead atoms. The zero-order valence-corrected chi connectivity index (χ0v) is 15.3. The lowest BCUT2D eigenvalue weighted by Crippen LogP contribution is -2.48. The Labute approximate surface area is 144 Å². The molecule has 134 valence electrons. The van der Waals surface area contributed by atoms with Crippen molar-refractivity contribution in [1.29, 1.82) is 0 Å². The lowest BCUT2D eigenvalue weighted by atomic mass is 10.1. The molecule has 0 radical (unpaired) electrons. The minimum absolute atomic E-state index is 0.0783. The number of benzene rings is 1. The van der Waals surface area contributed by atoms with E-state index in [2.05, 4.69) is 10.6 Å². The smallest absolute Gasteiger partial charge is 0.237 e. The van der Waals surface area contributed by atoms with Crippen LogP contribution in [0.4, 0.5) is 0 Å². The molecule has 6 nitrogen and oxygen atoms in total. The molecule has 24 heavy (non-hydrogen) atoms. The second kappa shape index (κ2) is 9.93. The first-order valence-electron chi connectivity index (χ1n) is 8.23. The van der Waals surface area contributed by atoms with Gasteiger partial charge in [0.15, 0.2) is 0 Å². The van der Waals surface area contributed by atoms with Crippen molar-refractivity contribution < 1.29 is 14.3 Å². The first kappa shape index (κ1) is 20.0. The summed E-state index contributed by atoms with van der Waals surface area (Å²) < 4.78 is 5.12. The van der Waals surface area contributed by atoms with Crippen LogP contribution in [-0.4, -0.2) is 56.0 Å². The fourth-order valence-electron chi connectivity index (χ4n) is 2.20. The molecule has 1 rings (SSSR count). The van der Waals surface area contributed by atoms with E-state index in [4.69, 9.17) is 4.74 Å². The highest BCUT2D eigenvalue weighted by molar-refractivity contribution is 5.83. The van der Waals surface area contributed by atoms with E-state index in [-0.39, 0.29) is 30.4 Å². The lowest BCUT2D eigenvalue weighted by molar-refractivity contribution is -0.127. The summed E-state index contributed by atoms with van der Waals surface area (Å²) in [5.41, 5.74) is 1.13. The third-order valence-electron chi connectivity index (χ3n) is 3.76. The van der Waals surface area contributed by atoms with Crippen LogP contribution < -0.4 is 15.4 Å². The summed E-state index contributed by atoms with van der Waals surface area (Å²) in [7, 11) is 3.40. The molecule has 1 aromatic rings. The van der Waals surface area contributed by atoms with Crippen LogP contribution >= 0.6 is 0 Å². The van der Waals surface area contributed by atoms with Crippen LogP contribution in [0.1, 0.15) is 26.3 Å². The highest BCUT2D eigenvalue weighted by Crippen LogP contribution is 2.11. The maximum atomic E-state index is 12.2. The van der Waals surface area contributed by atoms with Gasteiger partial charge in [0.05, 0.1) is 19.7 Å². The van der Waals surface area contributed by atoms with Gasteiger partial charge >= 0.3 is 0 Å². The number of hydrogen-bond acceptors (Lipinski definition) is 4. The number of methoxy groups -OCH3 is 1. The molecule has 0 aliphatic carbocycles. The molecular weight excluding hydrogens is 306 g/mol. The van der Waals surface area contributed by atoms with Crippen molar-refractivity contribution in [2.45, 2.75) is 39.3 Å². The Balaban J connectivity index is 2.36. The number of nitrogens with zero attached hydrogens (tertiary/aromatic N) is 1. The number of amides is 2. The maximum absolute atomic E-state index is 12.2. The van der Waals surface area contributed by atoms with E-state index in [1.165, 1.54) is 0 Å². The van der Waals surface area contributed by atoms with Crippen molar-refractivity contribution in [3.8, 4) is 5.75 Å². The summed E-state index contributed by atoms with van der Waals surface area (Å²) >= 11 is 0. The van der Waals surface area contributed by atoms with E-state index in [1.54, 1.807) is 26.0 Å². The fraction of sp³-hybridized carbons (Fsp3) is 0.556. The second-order valence-electron chi connectivity index (χ2n) is 6.20. The first-order valence-corrected chi connectivity index (χ1v) is 8.23. The van der Waals surface area contributed by atoms with E-state index in [0.29, 0.717) is 6.54 Å². The number of ether oxygens (including phenoxy) is 1. The molecule has 0 saturated heterocycles. The molecule has 0 aromatic heterocycles. The highest BCUT2D eigenvalue weighted by atomic mass is 16.5. The zero-order chi connectivity index (χ0) is 18.1. The Kier molecular flexibility index (Phi) is 8.26. The summed E-state index contributed by atoms with van der Waals surface area (Å²) in [5.74, 6) is 0.659. The van der Waals surface area contributed by atoms with E-state index in [1.807, 2.05) is 38.1 Å². The minimum Gasteiger partial charge on any atom is -0.497 e. The quantitative estimate of drug-likeness (QED) is 0.711. The van der Waals surface area contributed by atoms with Crippen LogP contribution in [0.3, 0.4) is 0 Å². The average molecular weight is 335 g/mol. The SMILES string of the molecule is COc1ccc(CCNC(=O)C(C)N(C)CC(=O)NC(C)C)cc1. The Bertz CT molecular complexity index is 529. The number of carbonyl (C=O) groups is 2. The molecule has 1 aromatic carbocycles. The molecule has 0 heterocycles. The van der Waals surface area contributed by atoms with Crippen LogP contribution in [0.2, 0.25) is 0 Å². The van der Waals surface area contributed by atoms with Gasteiger partial charge in [0.25, 0.3) is 0 Å². The van der Waals surface area contributed by atoms with Crippen molar-refractivity contribution in [2.24, 2.45) is 0 Å². The summed E-state index contributed by atoms with van der Waals surface area (Å²) in [6.07, 6.45) is 0.750. The van der Waals surface area contributed by atoms with Crippen LogP contribution in [0.25, 0.3) is 0 Å². The van der Waals surface area contributed by atoms with Gasteiger partial charge in [-0.15, -0.1) is 0 Å². The number of hydrogen-bond donors (Lipinski definition) is 2. The molecule has 2 N–H and O–H groups in total. The molecule has 1 atom stereocenters. The number of nitrogens with one attached hydrogen (secondary N) is 2. The standard InChI is InChI=1S/C18H29N3O3/c1-13(2)20-17(22)12-21(4)14(3)18(23)19-11-10-15-6-8-16(24-5)9-7-15/h6-9,13-14H,10-12H2,1-5H3,(H,19,23)(H,20,22). The summed E-state index contributed by atoms with van der Waals surface area (Å²) in [5, 5.41) is 5.73. The van der Waals surface area contributed by atoms with Gasteiger partial charge in [0.2, 0.25) is 11.8 Å². The molecule has 0 saturated carbocycles. The number of rotatable bonds is 9. The van der Waals surface area contributed by atoms with Gasteiger partial charge < -0.3 is 15.4 Å². The number of likely N-dealkylation sites (N-methyl/N-ethyl adjacent to an activating group) is 1. The van der Waals surface area contributed by atoms with Gasteiger partial charge in [-0.3, -0.25) is 14.5 Å². The summed E-state index contributed by atoms with van der Waals surface area (Å²) in [6, 6.07) is 7.51. The Hall–Kier alpha value is -2.08.